The number of hydrogen-bond acceptors (Lipinski definition) is 3. The molecule has 0 aromatic heterocycles. The molecule has 13 heavy (non-hydrogen) atoms. The Bertz CT molecular complexity index is 126. The van der Waals surface area contributed by atoms with E-state index in [4.69, 9.17) is 15.2 Å². The summed E-state index contributed by atoms with van der Waals surface area (Å²) in [7, 11) is 3.42. The Morgan fingerprint density at radius 2 is 1.92 bits per heavy atom. The smallest absolute Gasteiger partial charge is 0.0622 e. The fourth-order valence-corrected chi connectivity index (χ4v) is 1.19. The second-order valence-corrected chi connectivity index (χ2v) is 4.07. The van der Waals surface area contributed by atoms with Crippen molar-refractivity contribution in [2.24, 2.45) is 5.73 Å². The van der Waals surface area contributed by atoms with Gasteiger partial charge < -0.3 is 15.2 Å². The van der Waals surface area contributed by atoms with Gasteiger partial charge in [0.15, 0.2) is 0 Å². The van der Waals surface area contributed by atoms with Crippen molar-refractivity contribution in [1.82, 2.24) is 0 Å². The van der Waals surface area contributed by atoms with E-state index >= 15 is 0 Å². The van der Waals surface area contributed by atoms with Crippen LogP contribution in [0.25, 0.3) is 0 Å². The Labute approximate surface area is 81.6 Å². The molecule has 0 radical (unpaired) electrons. The van der Waals surface area contributed by atoms with Crippen LogP contribution in [0.1, 0.15) is 33.1 Å². The van der Waals surface area contributed by atoms with Gasteiger partial charge in [-0.25, -0.2) is 0 Å². The molecular weight excluding hydrogens is 166 g/mol. The van der Waals surface area contributed by atoms with E-state index in [9.17, 15) is 0 Å². The van der Waals surface area contributed by atoms with E-state index < -0.39 is 0 Å². The van der Waals surface area contributed by atoms with Crippen LogP contribution in [0.4, 0.5) is 0 Å². The van der Waals surface area contributed by atoms with Crippen LogP contribution in [-0.2, 0) is 9.47 Å². The Balaban J connectivity index is 3.44. The molecule has 1 atom stereocenters. The van der Waals surface area contributed by atoms with E-state index in [2.05, 4.69) is 13.8 Å². The third kappa shape index (κ3) is 6.99. The Hall–Kier alpha value is -0.120. The maximum absolute atomic E-state index is 5.79. The molecule has 0 aromatic rings. The lowest BCUT2D eigenvalue weighted by atomic mass is 9.99. The van der Waals surface area contributed by atoms with Gasteiger partial charge in [0.1, 0.15) is 0 Å². The van der Waals surface area contributed by atoms with Crippen molar-refractivity contribution in [3.63, 3.8) is 0 Å². The van der Waals surface area contributed by atoms with E-state index in [-0.39, 0.29) is 11.6 Å². The molecule has 2 N–H and O–H groups in total. The molecule has 0 spiro atoms. The van der Waals surface area contributed by atoms with Gasteiger partial charge in [0.2, 0.25) is 0 Å². The lowest BCUT2D eigenvalue weighted by Crippen LogP contribution is -2.27. The van der Waals surface area contributed by atoms with Crippen molar-refractivity contribution < 1.29 is 9.47 Å². The van der Waals surface area contributed by atoms with Crippen molar-refractivity contribution >= 4 is 0 Å². The van der Waals surface area contributed by atoms with Gasteiger partial charge >= 0.3 is 0 Å². The summed E-state index contributed by atoms with van der Waals surface area (Å²) < 4.78 is 10.3. The summed E-state index contributed by atoms with van der Waals surface area (Å²) in [4.78, 5) is 0. The van der Waals surface area contributed by atoms with Crippen LogP contribution < -0.4 is 5.73 Å². The zero-order valence-corrected chi connectivity index (χ0v) is 9.30. The first-order chi connectivity index (χ1) is 6.02. The second-order valence-electron chi connectivity index (χ2n) is 4.07. The van der Waals surface area contributed by atoms with Gasteiger partial charge in [-0.1, -0.05) is 0 Å². The minimum absolute atomic E-state index is 0.0210. The Morgan fingerprint density at radius 3 is 2.38 bits per heavy atom. The number of hydrogen-bond donors (Lipinski definition) is 1. The van der Waals surface area contributed by atoms with Gasteiger partial charge in [-0.15, -0.1) is 0 Å². The average molecular weight is 189 g/mol. The maximum atomic E-state index is 5.79. The molecule has 0 heterocycles. The molecule has 3 nitrogen and oxygen atoms in total. The molecule has 0 amide bonds. The Kier molecular flexibility index (Phi) is 6.29. The molecule has 0 aliphatic rings. The molecule has 3 heteroatoms. The first kappa shape index (κ1) is 12.9. The summed E-state index contributed by atoms with van der Waals surface area (Å²) >= 11 is 0. The van der Waals surface area contributed by atoms with Gasteiger partial charge in [0, 0.05) is 20.3 Å². The highest BCUT2D eigenvalue weighted by Gasteiger charge is 2.15. The number of rotatable bonds is 7. The molecule has 0 saturated heterocycles. The molecule has 0 aliphatic heterocycles. The monoisotopic (exact) mass is 189 g/mol. The van der Waals surface area contributed by atoms with Crippen LogP contribution in [-0.4, -0.2) is 32.5 Å². The third-order valence-electron chi connectivity index (χ3n) is 2.29. The molecular formula is C10H23NO2. The summed E-state index contributed by atoms with van der Waals surface area (Å²) in [6.07, 6.45) is 3.13. The van der Waals surface area contributed by atoms with E-state index in [1.54, 1.807) is 14.2 Å². The summed E-state index contributed by atoms with van der Waals surface area (Å²) in [5, 5.41) is 0. The molecule has 0 fully saturated rings. The number of nitrogens with two attached hydrogens (primary N) is 1. The van der Waals surface area contributed by atoms with Crippen LogP contribution in [0, 0.1) is 0 Å². The van der Waals surface area contributed by atoms with Gasteiger partial charge in [-0.05, 0) is 33.1 Å². The lowest BCUT2D eigenvalue weighted by molar-refractivity contribution is 0.0127. The summed E-state index contributed by atoms with van der Waals surface area (Å²) in [5.74, 6) is 0. The first-order valence-corrected chi connectivity index (χ1v) is 4.81. The SMILES string of the molecule is COCC(N)CCCC(C)(C)OC. The van der Waals surface area contributed by atoms with Gasteiger partial charge in [0.05, 0.1) is 12.2 Å². The molecule has 1 unspecified atom stereocenters. The average Bonchev–Trinajstić information content (AvgIpc) is 2.05. The van der Waals surface area contributed by atoms with Crippen LogP contribution in [0.5, 0.6) is 0 Å². The normalized spacial score (nSPS) is 14.5. The van der Waals surface area contributed by atoms with Gasteiger partial charge in [0.25, 0.3) is 0 Å². The number of methoxy groups -OCH3 is 2. The summed E-state index contributed by atoms with van der Waals surface area (Å²) in [6, 6.07) is 0.164. The largest absolute Gasteiger partial charge is 0.383 e. The molecule has 0 saturated carbocycles. The summed E-state index contributed by atoms with van der Waals surface area (Å²) in [6.45, 7) is 4.83. The molecule has 0 rings (SSSR count). The van der Waals surface area contributed by atoms with E-state index in [0.717, 1.165) is 19.3 Å². The van der Waals surface area contributed by atoms with Crippen molar-refractivity contribution in [2.45, 2.75) is 44.8 Å². The summed E-state index contributed by atoms with van der Waals surface area (Å²) in [5.41, 5.74) is 5.77. The van der Waals surface area contributed by atoms with E-state index in [1.807, 2.05) is 0 Å². The van der Waals surface area contributed by atoms with E-state index in [0.29, 0.717) is 6.61 Å². The lowest BCUT2D eigenvalue weighted by Gasteiger charge is -2.23. The van der Waals surface area contributed by atoms with Crippen LogP contribution in [0.3, 0.4) is 0 Å². The highest BCUT2D eigenvalue weighted by Crippen LogP contribution is 2.16. The maximum Gasteiger partial charge on any atom is 0.0622 e. The quantitative estimate of drug-likeness (QED) is 0.661. The van der Waals surface area contributed by atoms with Crippen molar-refractivity contribution in [3.05, 3.63) is 0 Å². The second kappa shape index (κ2) is 6.35. The molecule has 0 aromatic carbocycles. The van der Waals surface area contributed by atoms with Crippen LogP contribution in [0.2, 0.25) is 0 Å². The Morgan fingerprint density at radius 1 is 1.31 bits per heavy atom. The molecule has 0 bridgehead atoms. The van der Waals surface area contributed by atoms with Crippen molar-refractivity contribution in [2.75, 3.05) is 20.8 Å². The molecule has 0 aliphatic carbocycles. The minimum atomic E-state index is -0.0210. The van der Waals surface area contributed by atoms with Gasteiger partial charge in [-0.3, -0.25) is 0 Å². The first-order valence-electron chi connectivity index (χ1n) is 4.81. The zero-order valence-electron chi connectivity index (χ0n) is 9.30. The number of ether oxygens (including phenoxy) is 2. The standard InChI is InChI=1S/C10H23NO2/c1-10(2,13-4)7-5-6-9(11)8-12-3/h9H,5-8,11H2,1-4H3. The van der Waals surface area contributed by atoms with Crippen LogP contribution >= 0.6 is 0 Å². The van der Waals surface area contributed by atoms with Crippen molar-refractivity contribution in [3.8, 4) is 0 Å². The fourth-order valence-electron chi connectivity index (χ4n) is 1.19. The van der Waals surface area contributed by atoms with Crippen LogP contribution in [0.15, 0.2) is 0 Å². The third-order valence-corrected chi connectivity index (χ3v) is 2.29. The van der Waals surface area contributed by atoms with Gasteiger partial charge in [-0.2, -0.15) is 0 Å². The minimum Gasteiger partial charge on any atom is -0.383 e. The topological polar surface area (TPSA) is 44.5 Å². The molecule has 80 valence electrons. The fraction of sp³-hybridized carbons (Fsp3) is 1.00. The predicted octanol–water partition coefficient (Wildman–Crippen LogP) is 1.56. The predicted molar refractivity (Wildman–Crippen MR) is 54.8 cm³/mol. The highest BCUT2D eigenvalue weighted by atomic mass is 16.5. The zero-order chi connectivity index (χ0) is 10.3. The highest BCUT2D eigenvalue weighted by molar-refractivity contribution is 4.69. The van der Waals surface area contributed by atoms with E-state index in [1.165, 1.54) is 0 Å². The van der Waals surface area contributed by atoms with Crippen molar-refractivity contribution in [1.29, 1.82) is 0 Å².